The summed E-state index contributed by atoms with van der Waals surface area (Å²) in [4.78, 5) is 0. The van der Waals surface area contributed by atoms with Gasteiger partial charge in [-0.15, -0.1) is 0 Å². The van der Waals surface area contributed by atoms with Gasteiger partial charge in [-0.05, 0) is 43.4 Å². The molecule has 100 valence electrons. The number of hydrogen-bond acceptors (Lipinski definition) is 3. The van der Waals surface area contributed by atoms with Crippen LogP contribution in [-0.2, 0) is 6.42 Å². The van der Waals surface area contributed by atoms with Crippen molar-refractivity contribution in [1.82, 2.24) is 0 Å². The van der Waals surface area contributed by atoms with Crippen LogP contribution in [0, 0.1) is 0 Å². The Bertz CT molecular complexity index is 389. The maximum absolute atomic E-state index is 9.93. The molecule has 1 aliphatic carbocycles. The summed E-state index contributed by atoms with van der Waals surface area (Å²) < 4.78 is 11.3. The molecule has 0 spiro atoms. The van der Waals surface area contributed by atoms with E-state index in [0.29, 0.717) is 0 Å². The Kier molecular flexibility index (Phi) is 4.48. The van der Waals surface area contributed by atoms with Crippen molar-refractivity contribution in [2.45, 2.75) is 51.2 Å². The molecule has 1 aliphatic rings. The highest BCUT2D eigenvalue weighted by molar-refractivity contribution is 5.43. The Labute approximate surface area is 109 Å². The van der Waals surface area contributed by atoms with Crippen LogP contribution in [0.25, 0.3) is 0 Å². The lowest BCUT2D eigenvalue weighted by Crippen LogP contribution is -2.34. The lowest BCUT2D eigenvalue weighted by atomic mass is 9.95. The van der Waals surface area contributed by atoms with Crippen molar-refractivity contribution in [3.8, 4) is 11.5 Å². The lowest BCUT2D eigenvalue weighted by molar-refractivity contribution is 0.00567. The van der Waals surface area contributed by atoms with Gasteiger partial charge in [0.15, 0.2) is 11.5 Å². The maximum atomic E-state index is 9.93. The second-order valence-corrected chi connectivity index (χ2v) is 4.85. The largest absolute Gasteiger partial charge is 0.493 e. The Morgan fingerprint density at radius 2 is 2.00 bits per heavy atom. The monoisotopic (exact) mass is 250 g/mol. The smallest absolute Gasteiger partial charge is 0.161 e. The highest BCUT2D eigenvalue weighted by Crippen LogP contribution is 2.32. The van der Waals surface area contributed by atoms with Crippen molar-refractivity contribution < 1.29 is 14.6 Å². The number of rotatable bonds is 4. The van der Waals surface area contributed by atoms with Crippen LogP contribution in [0.1, 0.15) is 38.2 Å². The Morgan fingerprint density at radius 3 is 2.67 bits per heavy atom. The fourth-order valence-electron chi connectivity index (χ4n) is 2.41. The third kappa shape index (κ3) is 2.96. The van der Waals surface area contributed by atoms with Gasteiger partial charge in [-0.3, -0.25) is 0 Å². The molecule has 1 aromatic carbocycles. The molecule has 3 heteroatoms. The molecule has 1 saturated carbocycles. The number of benzene rings is 1. The zero-order valence-corrected chi connectivity index (χ0v) is 11.2. The van der Waals surface area contributed by atoms with Crippen molar-refractivity contribution in [1.29, 1.82) is 0 Å². The maximum Gasteiger partial charge on any atom is 0.161 e. The van der Waals surface area contributed by atoms with Crippen LogP contribution in [0.5, 0.6) is 11.5 Å². The molecule has 0 bridgehead atoms. The van der Waals surface area contributed by atoms with E-state index in [-0.39, 0.29) is 12.2 Å². The first-order valence-corrected chi connectivity index (χ1v) is 6.76. The van der Waals surface area contributed by atoms with Crippen LogP contribution in [0.15, 0.2) is 18.2 Å². The summed E-state index contributed by atoms with van der Waals surface area (Å²) in [5.74, 6) is 1.49. The number of aryl methyl sites for hydroxylation is 1. The summed E-state index contributed by atoms with van der Waals surface area (Å²) in [5, 5.41) is 9.93. The van der Waals surface area contributed by atoms with E-state index >= 15 is 0 Å². The minimum atomic E-state index is -0.352. The fraction of sp³-hybridized carbons (Fsp3) is 0.600. The summed E-state index contributed by atoms with van der Waals surface area (Å²) >= 11 is 0. The third-order valence-corrected chi connectivity index (χ3v) is 3.58. The molecule has 0 radical (unpaired) electrons. The Balaban J connectivity index is 2.12. The molecule has 2 rings (SSSR count). The van der Waals surface area contributed by atoms with E-state index in [1.807, 2.05) is 18.2 Å². The first kappa shape index (κ1) is 13.2. The van der Waals surface area contributed by atoms with Gasteiger partial charge in [-0.2, -0.15) is 0 Å². The zero-order chi connectivity index (χ0) is 13.0. The van der Waals surface area contributed by atoms with Crippen LogP contribution in [0.3, 0.4) is 0 Å². The molecular weight excluding hydrogens is 228 g/mol. The van der Waals surface area contributed by atoms with E-state index in [9.17, 15) is 5.11 Å². The van der Waals surface area contributed by atoms with Crippen LogP contribution in [0.2, 0.25) is 0 Å². The molecule has 18 heavy (non-hydrogen) atoms. The second-order valence-electron chi connectivity index (χ2n) is 4.85. The van der Waals surface area contributed by atoms with Gasteiger partial charge < -0.3 is 14.6 Å². The fourth-order valence-corrected chi connectivity index (χ4v) is 2.41. The third-order valence-electron chi connectivity index (χ3n) is 3.58. The number of aliphatic hydroxyl groups is 1. The van der Waals surface area contributed by atoms with Crippen molar-refractivity contribution >= 4 is 0 Å². The molecule has 0 aromatic heterocycles. The minimum Gasteiger partial charge on any atom is -0.493 e. The summed E-state index contributed by atoms with van der Waals surface area (Å²) in [6.07, 6.45) is 4.49. The molecule has 1 N–H and O–H groups in total. The first-order chi connectivity index (χ1) is 8.74. The standard InChI is InChI=1S/C15H22O3/c1-3-11-8-9-14(15(10-11)17-2)18-13-7-5-4-6-12(13)16/h8-10,12-13,16H,3-7H2,1-2H3/t12-,13-/m0/s1. The average molecular weight is 250 g/mol. The summed E-state index contributed by atoms with van der Waals surface area (Å²) in [5.41, 5.74) is 1.23. The SMILES string of the molecule is CCc1ccc(O[C@H]2CCCC[C@@H]2O)c(OC)c1. The molecule has 1 fully saturated rings. The minimum absolute atomic E-state index is 0.0971. The molecule has 2 atom stereocenters. The van der Waals surface area contributed by atoms with Crippen molar-refractivity contribution in [2.75, 3.05) is 7.11 Å². The van der Waals surface area contributed by atoms with E-state index in [4.69, 9.17) is 9.47 Å². The van der Waals surface area contributed by atoms with Gasteiger partial charge in [0.05, 0.1) is 13.2 Å². The normalized spacial score (nSPS) is 23.7. The molecule has 3 nitrogen and oxygen atoms in total. The van der Waals surface area contributed by atoms with Crippen LogP contribution in [-0.4, -0.2) is 24.4 Å². The van der Waals surface area contributed by atoms with Crippen molar-refractivity contribution in [3.05, 3.63) is 23.8 Å². The van der Waals surface area contributed by atoms with Gasteiger partial charge in [0.2, 0.25) is 0 Å². The zero-order valence-electron chi connectivity index (χ0n) is 11.2. The summed E-state index contributed by atoms with van der Waals surface area (Å²) in [7, 11) is 1.65. The highest BCUT2D eigenvalue weighted by Gasteiger charge is 2.25. The van der Waals surface area contributed by atoms with Gasteiger partial charge in [0, 0.05) is 0 Å². The van der Waals surface area contributed by atoms with Crippen LogP contribution in [0.4, 0.5) is 0 Å². The van der Waals surface area contributed by atoms with Crippen molar-refractivity contribution in [3.63, 3.8) is 0 Å². The van der Waals surface area contributed by atoms with Gasteiger partial charge in [-0.25, -0.2) is 0 Å². The topological polar surface area (TPSA) is 38.7 Å². The van der Waals surface area contributed by atoms with E-state index in [1.54, 1.807) is 7.11 Å². The van der Waals surface area contributed by atoms with E-state index in [1.165, 1.54) is 5.56 Å². The predicted molar refractivity (Wildman–Crippen MR) is 71.3 cm³/mol. The number of hydrogen-bond donors (Lipinski definition) is 1. The number of methoxy groups -OCH3 is 1. The van der Waals surface area contributed by atoms with E-state index < -0.39 is 0 Å². The highest BCUT2D eigenvalue weighted by atomic mass is 16.5. The first-order valence-electron chi connectivity index (χ1n) is 6.76. The second kappa shape index (κ2) is 6.10. The van der Waals surface area contributed by atoms with E-state index in [2.05, 4.69) is 6.92 Å². The van der Waals surface area contributed by atoms with Gasteiger partial charge in [0.25, 0.3) is 0 Å². The molecular formula is C15H22O3. The van der Waals surface area contributed by atoms with Gasteiger partial charge in [-0.1, -0.05) is 19.4 Å². The number of aliphatic hydroxyl groups excluding tert-OH is 1. The van der Waals surface area contributed by atoms with Gasteiger partial charge in [0.1, 0.15) is 6.10 Å². The molecule has 1 aromatic rings. The Hall–Kier alpha value is -1.22. The molecule has 0 unspecified atom stereocenters. The van der Waals surface area contributed by atoms with Gasteiger partial charge >= 0.3 is 0 Å². The molecule has 0 aliphatic heterocycles. The molecule has 0 saturated heterocycles. The number of ether oxygens (including phenoxy) is 2. The van der Waals surface area contributed by atoms with E-state index in [0.717, 1.165) is 43.6 Å². The quantitative estimate of drug-likeness (QED) is 0.893. The lowest BCUT2D eigenvalue weighted by Gasteiger charge is -2.28. The van der Waals surface area contributed by atoms with Crippen molar-refractivity contribution in [2.24, 2.45) is 0 Å². The Morgan fingerprint density at radius 1 is 1.22 bits per heavy atom. The predicted octanol–water partition coefficient (Wildman–Crippen LogP) is 2.94. The summed E-state index contributed by atoms with van der Waals surface area (Å²) in [6.45, 7) is 2.11. The molecule has 0 amide bonds. The van der Waals surface area contributed by atoms with Crippen LogP contribution >= 0.6 is 0 Å². The summed E-state index contributed by atoms with van der Waals surface area (Å²) in [6, 6.07) is 6.00. The molecule has 0 heterocycles. The van der Waals surface area contributed by atoms with Crippen LogP contribution < -0.4 is 9.47 Å². The average Bonchev–Trinajstić information content (AvgIpc) is 2.41.